The van der Waals surface area contributed by atoms with Crippen LogP contribution in [-0.4, -0.2) is 86.8 Å². The van der Waals surface area contributed by atoms with Crippen molar-refractivity contribution < 1.29 is 82.6 Å². The second kappa shape index (κ2) is 16.3. The van der Waals surface area contributed by atoms with Crippen LogP contribution in [0, 0.1) is 46.3 Å². The number of halogens is 5. The minimum Gasteiger partial charge on any atom is -0.743 e. The number of fused-ring (bicyclic) bond motifs is 5. The molecule has 0 radical (unpaired) electrons. The smallest absolute Gasteiger partial charge is 0.432 e. The van der Waals surface area contributed by atoms with E-state index in [0.29, 0.717) is 51.5 Å². The molecule has 4 rings (SSSR count). The first kappa shape index (κ1) is 42.6. The van der Waals surface area contributed by atoms with Gasteiger partial charge in [-0.1, -0.05) is 20.8 Å². The summed E-state index contributed by atoms with van der Waals surface area (Å²) in [7, 11) is -6.83. The van der Waals surface area contributed by atoms with E-state index in [1.165, 1.54) is 0 Å². The molecule has 0 aromatic carbocycles. The number of hydrogen-bond acceptors (Lipinski definition) is 13. The predicted molar refractivity (Wildman–Crippen MR) is 168 cm³/mol. The zero-order valence-corrected chi connectivity index (χ0v) is 30.4. The van der Waals surface area contributed by atoms with Gasteiger partial charge in [0.1, 0.15) is 18.3 Å². The quantitative estimate of drug-likeness (QED) is 0.0487. The standard InChI is InChI=1S/C34H47F5O13S/c1-19(6-9-27(43)48-12-4-5-28(44)52-30(33(35,36)37)34(38,39)53(45,46)47)22-7-8-23-29-24(15-26(51-18-42)32(22,23)3)31(2)11-10-21(49-16-40)13-20(31)14-25(29)50-17-41/h16-26,29-30H,4-15H2,1-3H3,(H,45,46,47)/p-1/t19-,20+,21?,22-,23+,24+,25?,26?,29+,30?,31+,32-/m1/s1. The summed E-state index contributed by atoms with van der Waals surface area (Å²) in [5.41, 5.74) is -0.706. The molecule has 4 saturated carbocycles. The van der Waals surface area contributed by atoms with Crippen molar-refractivity contribution in [1.82, 2.24) is 0 Å². The van der Waals surface area contributed by atoms with Crippen LogP contribution in [0.4, 0.5) is 22.0 Å². The normalized spacial score (nSPS) is 35.3. The largest absolute Gasteiger partial charge is 0.743 e. The average molecular weight is 790 g/mol. The molecule has 13 nitrogen and oxygen atoms in total. The molecule has 12 atom stereocenters. The van der Waals surface area contributed by atoms with E-state index in [4.69, 9.17) is 18.9 Å². The van der Waals surface area contributed by atoms with Crippen molar-refractivity contribution in [2.24, 2.45) is 46.3 Å². The van der Waals surface area contributed by atoms with E-state index in [1.54, 1.807) is 0 Å². The van der Waals surface area contributed by atoms with Gasteiger partial charge in [0.05, 0.1) is 6.61 Å². The second-order valence-corrected chi connectivity index (χ2v) is 16.9. The fourth-order valence-electron chi connectivity index (χ4n) is 10.4. The molecule has 19 heteroatoms. The first-order valence-corrected chi connectivity index (χ1v) is 19.1. The lowest BCUT2D eigenvalue weighted by Gasteiger charge is -2.64. The van der Waals surface area contributed by atoms with Crippen molar-refractivity contribution in [2.75, 3.05) is 6.61 Å². The number of esters is 2. The SMILES string of the molecule is C[C@H](CCC(=O)OCCCC(=O)OC(C(F)(F)F)C(F)(F)S(=O)(=O)[O-])[C@H]1CC[C@H]2[C@@H]3C(OC=O)C[C@@H]4CC(OC=O)CC[C@]4(C)[C@H]3CC(OC=O)[C@]12C. The second-order valence-electron chi connectivity index (χ2n) is 15.4. The Labute approximate surface area is 304 Å². The molecule has 0 N–H and O–H groups in total. The van der Waals surface area contributed by atoms with E-state index >= 15 is 0 Å². The Kier molecular flexibility index (Phi) is 13.1. The van der Waals surface area contributed by atoms with Gasteiger partial charge in [-0.3, -0.25) is 24.0 Å². The van der Waals surface area contributed by atoms with Crippen molar-refractivity contribution in [3.8, 4) is 0 Å². The van der Waals surface area contributed by atoms with E-state index in [-0.39, 0.29) is 59.6 Å². The highest BCUT2D eigenvalue weighted by Gasteiger charge is 2.67. The molecule has 0 amide bonds. The minimum atomic E-state index is -6.83. The van der Waals surface area contributed by atoms with Crippen LogP contribution in [0.3, 0.4) is 0 Å². The van der Waals surface area contributed by atoms with Crippen LogP contribution in [0.2, 0.25) is 0 Å². The minimum absolute atomic E-state index is 0.0160. The first-order valence-electron chi connectivity index (χ1n) is 17.7. The monoisotopic (exact) mass is 789 g/mol. The molecular formula is C34H46F5O13S-. The molecule has 4 aliphatic carbocycles. The molecule has 0 spiro atoms. The molecule has 4 fully saturated rings. The number of hydrogen-bond donors (Lipinski definition) is 0. The highest BCUT2D eigenvalue weighted by Crippen LogP contribution is 2.69. The maximum atomic E-state index is 13.6. The highest BCUT2D eigenvalue weighted by atomic mass is 32.2. The third-order valence-electron chi connectivity index (χ3n) is 12.9. The predicted octanol–water partition coefficient (Wildman–Crippen LogP) is 4.84. The van der Waals surface area contributed by atoms with Crippen molar-refractivity contribution in [2.45, 2.75) is 127 Å². The summed E-state index contributed by atoms with van der Waals surface area (Å²) in [4.78, 5) is 59.1. The molecular weight excluding hydrogens is 743 g/mol. The van der Waals surface area contributed by atoms with Crippen molar-refractivity contribution in [3.05, 3.63) is 0 Å². The van der Waals surface area contributed by atoms with Gasteiger partial charge in [0.25, 0.3) is 25.5 Å². The molecule has 0 saturated heterocycles. The Bertz CT molecular complexity index is 1460. The van der Waals surface area contributed by atoms with Crippen LogP contribution in [0.25, 0.3) is 0 Å². The lowest BCUT2D eigenvalue weighted by Crippen LogP contribution is -2.63. The van der Waals surface area contributed by atoms with E-state index in [9.17, 15) is 58.9 Å². The summed E-state index contributed by atoms with van der Waals surface area (Å²) >= 11 is 0. The van der Waals surface area contributed by atoms with Gasteiger partial charge >= 0.3 is 23.4 Å². The maximum absolute atomic E-state index is 13.6. The number of carbonyl (C=O) groups excluding carboxylic acids is 5. The molecule has 0 aromatic heterocycles. The summed E-state index contributed by atoms with van der Waals surface area (Å²) in [5, 5.41) is -5.96. The van der Waals surface area contributed by atoms with Crippen LogP contribution in [-0.2, 0) is 57.8 Å². The molecule has 0 heterocycles. The Morgan fingerprint density at radius 1 is 0.887 bits per heavy atom. The Hall–Kier alpha value is -3.09. The van der Waals surface area contributed by atoms with Gasteiger partial charge in [0.2, 0.25) is 0 Å². The lowest BCUT2D eigenvalue weighted by molar-refractivity contribution is -0.259. The molecule has 0 aliphatic heterocycles. The molecule has 0 aromatic rings. The number of alkyl halides is 5. The molecule has 53 heavy (non-hydrogen) atoms. The summed E-state index contributed by atoms with van der Waals surface area (Å²) in [6.45, 7) is 7.18. The Morgan fingerprint density at radius 3 is 2.15 bits per heavy atom. The third kappa shape index (κ3) is 8.59. The van der Waals surface area contributed by atoms with Gasteiger partial charge in [-0.25, -0.2) is 8.42 Å². The van der Waals surface area contributed by atoms with Crippen molar-refractivity contribution in [3.63, 3.8) is 0 Å². The van der Waals surface area contributed by atoms with Gasteiger partial charge < -0.3 is 28.2 Å². The van der Waals surface area contributed by atoms with Crippen LogP contribution >= 0.6 is 0 Å². The summed E-state index contributed by atoms with van der Waals surface area (Å²) < 4.78 is 124. The molecule has 0 bridgehead atoms. The van der Waals surface area contributed by atoms with Crippen molar-refractivity contribution in [1.29, 1.82) is 0 Å². The van der Waals surface area contributed by atoms with E-state index in [1.807, 2.05) is 6.92 Å². The Morgan fingerprint density at radius 2 is 1.55 bits per heavy atom. The van der Waals surface area contributed by atoms with Gasteiger partial charge in [0, 0.05) is 24.2 Å². The first-order chi connectivity index (χ1) is 24.7. The van der Waals surface area contributed by atoms with Gasteiger partial charge in [-0.15, -0.1) is 0 Å². The molecule has 4 aliphatic rings. The fourth-order valence-corrected chi connectivity index (χ4v) is 10.9. The zero-order chi connectivity index (χ0) is 39.6. The molecule has 4 unspecified atom stereocenters. The zero-order valence-electron chi connectivity index (χ0n) is 29.6. The lowest BCUT2D eigenvalue weighted by atomic mass is 9.43. The number of ether oxygens (including phenoxy) is 5. The third-order valence-corrected chi connectivity index (χ3v) is 13.8. The maximum Gasteiger partial charge on any atom is 0.432 e. The number of carbonyl (C=O) groups is 5. The van der Waals surface area contributed by atoms with Gasteiger partial charge in [-0.2, -0.15) is 22.0 Å². The molecule has 302 valence electrons. The average Bonchev–Trinajstić information content (AvgIpc) is 3.42. The summed E-state index contributed by atoms with van der Waals surface area (Å²) in [6.07, 6.45) is -7.97. The fraction of sp³-hybridized carbons (Fsp3) is 0.853. The van der Waals surface area contributed by atoms with Crippen LogP contribution < -0.4 is 0 Å². The number of rotatable bonds is 17. The van der Waals surface area contributed by atoms with E-state index in [2.05, 4.69) is 18.6 Å². The van der Waals surface area contributed by atoms with Crippen molar-refractivity contribution >= 4 is 41.5 Å². The van der Waals surface area contributed by atoms with Gasteiger partial charge in [0.15, 0.2) is 10.1 Å². The topological polar surface area (TPSA) is 189 Å². The van der Waals surface area contributed by atoms with Crippen LogP contribution in [0.5, 0.6) is 0 Å². The van der Waals surface area contributed by atoms with Crippen LogP contribution in [0.1, 0.15) is 91.4 Å². The van der Waals surface area contributed by atoms with E-state index in [0.717, 1.165) is 19.3 Å². The summed E-state index contributed by atoms with van der Waals surface area (Å²) in [5.74, 6) is -2.51. The summed E-state index contributed by atoms with van der Waals surface area (Å²) in [6, 6.07) is 0. The highest BCUT2D eigenvalue weighted by molar-refractivity contribution is 7.86. The van der Waals surface area contributed by atoms with Crippen LogP contribution in [0.15, 0.2) is 0 Å². The van der Waals surface area contributed by atoms with Gasteiger partial charge in [-0.05, 0) is 92.8 Å². The Balaban J connectivity index is 1.36. The van der Waals surface area contributed by atoms with E-state index < -0.39 is 70.6 Å².